The third kappa shape index (κ3) is 4.03. The zero-order valence-corrected chi connectivity index (χ0v) is 22.0. The monoisotopic (exact) mass is 506 g/mol. The molecule has 2 saturated carbocycles. The maximum Gasteiger partial charge on any atom is 0.123 e. The zero-order chi connectivity index (χ0) is 24.8. The number of epoxide rings is 1. The Morgan fingerprint density at radius 1 is 1.14 bits per heavy atom. The Balaban J connectivity index is 0.00000124. The molecule has 1 heterocycles. The summed E-state index contributed by atoms with van der Waals surface area (Å²) in [5.41, 5.74) is 13.6. The molecule has 3 nitrogen and oxygen atoms in total. The summed E-state index contributed by atoms with van der Waals surface area (Å²) < 4.78 is 20.0. The molecule has 4 aliphatic rings. The Morgan fingerprint density at radius 2 is 1.86 bits per heavy atom. The summed E-state index contributed by atoms with van der Waals surface area (Å²) in [4.78, 5) is 2.13. The Kier molecular flexibility index (Phi) is 6.34. The highest BCUT2D eigenvalue weighted by Gasteiger charge is 2.74. The Morgan fingerprint density at radius 3 is 2.54 bits per heavy atom. The molecule has 2 atom stereocenters. The number of aryl methyl sites for hydroxylation is 1. The molecule has 0 aromatic heterocycles. The van der Waals surface area contributed by atoms with Crippen molar-refractivity contribution in [1.29, 1.82) is 0 Å². The highest BCUT2D eigenvalue weighted by atomic mass is 32.4. The number of rotatable bonds is 7. The van der Waals surface area contributed by atoms with E-state index >= 15 is 0 Å². The summed E-state index contributed by atoms with van der Waals surface area (Å²) in [5.74, 6) is -0.221. The van der Waals surface area contributed by atoms with E-state index < -0.39 is 0 Å². The van der Waals surface area contributed by atoms with Gasteiger partial charge in [-0.1, -0.05) is 48.7 Å². The summed E-state index contributed by atoms with van der Waals surface area (Å²) in [7, 11) is 4.59. The first-order valence-electron chi connectivity index (χ1n) is 12.2. The fourth-order valence-corrected chi connectivity index (χ4v) is 6.21. The third-order valence-electron chi connectivity index (χ3n) is 8.42. The average molecular weight is 507 g/mol. The molecule has 3 fully saturated rings. The van der Waals surface area contributed by atoms with Gasteiger partial charge in [-0.3, -0.25) is 0 Å². The van der Waals surface area contributed by atoms with Crippen LogP contribution in [-0.4, -0.2) is 18.2 Å². The number of hydrogen-bond donors (Lipinski definition) is 1. The lowest BCUT2D eigenvalue weighted by molar-refractivity contribution is 0.234. The summed E-state index contributed by atoms with van der Waals surface area (Å²) in [5, 5.41) is 0. The van der Waals surface area contributed by atoms with Crippen molar-refractivity contribution in [3.8, 4) is 0 Å². The molecule has 0 amide bonds. The first kappa shape index (κ1) is 24.5. The molecule has 0 bridgehead atoms. The van der Waals surface area contributed by atoms with Crippen LogP contribution in [0.2, 0.25) is 0 Å². The van der Waals surface area contributed by atoms with E-state index in [9.17, 15) is 4.39 Å². The molecule has 6 heteroatoms. The van der Waals surface area contributed by atoms with E-state index in [2.05, 4.69) is 61.6 Å². The Labute approximate surface area is 214 Å². The molecule has 2 aromatic rings. The van der Waals surface area contributed by atoms with Crippen LogP contribution in [0.3, 0.4) is 0 Å². The van der Waals surface area contributed by atoms with Crippen LogP contribution in [0, 0.1) is 5.82 Å². The van der Waals surface area contributed by atoms with Gasteiger partial charge < -0.3 is 15.4 Å². The number of benzene rings is 2. The molecular weight excluding hydrogens is 474 g/mol. The molecule has 1 spiro atoms. The molecule has 1 aliphatic heterocycles. The lowest BCUT2D eigenvalue weighted by Gasteiger charge is -2.29. The molecule has 1 unspecified atom stereocenters. The molecule has 1 saturated heterocycles. The summed E-state index contributed by atoms with van der Waals surface area (Å²) >= 11 is 3.89. The maximum absolute atomic E-state index is 13.4. The maximum atomic E-state index is 13.4. The van der Waals surface area contributed by atoms with Crippen molar-refractivity contribution < 1.29 is 9.13 Å². The topological polar surface area (TPSA) is 41.8 Å². The van der Waals surface area contributed by atoms with E-state index in [0.717, 1.165) is 56.3 Å². The van der Waals surface area contributed by atoms with Crippen molar-refractivity contribution in [2.45, 2.75) is 61.7 Å². The predicted molar refractivity (Wildman–Crippen MR) is 146 cm³/mol. The molecule has 3 aliphatic carbocycles. The lowest BCUT2D eigenvalue weighted by atomic mass is 9.79. The number of ether oxygens (including phenoxy) is 1. The van der Waals surface area contributed by atoms with E-state index in [1.54, 1.807) is 0 Å². The number of anilines is 1. The minimum atomic E-state index is -0.221. The molecule has 0 radical (unpaired) electrons. The summed E-state index contributed by atoms with van der Waals surface area (Å²) in [6.45, 7) is 4.11. The van der Waals surface area contributed by atoms with Crippen LogP contribution in [0.5, 0.6) is 0 Å². The van der Waals surface area contributed by atoms with Crippen molar-refractivity contribution in [3.05, 3.63) is 101 Å². The number of nitrogens with zero attached hydrogens (tertiary/aromatic N) is 1. The molecular formula is C29H32FN2OPS. The molecule has 2 aromatic carbocycles. The lowest BCUT2D eigenvalue weighted by Crippen LogP contribution is -2.29. The van der Waals surface area contributed by atoms with Crippen LogP contribution < -0.4 is 10.6 Å². The number of nitrogens with two attached hydrogens (primary N) is 1. The highest BCUT2D eigenvalue weighted by molar-refractivity contribution is 7.88. The van der Waals surface area contributed by atoms with Crippen LogP contribution in [0.15, 0.2) is 84.1 Å². The van der Waals surface area contributed by atoms with Gasteiger partial charge in [-0.15, -0.1) is 0 Å². The number of likely N-dealkylation sites (N-methyl/N-ethyl adjacent to an activating group) is 1. The van der Waals surface area contributed by atoms with Crippen LogP contribution >= 0.6 is 8.02 Å². The number of allylic oxidation sites excluding steroid dienone is 2. The van der Waals surface area contributed by atoms with Gasteiger partial charge in [-0.05, 0) is 99.2 Å². The summed E-state index contributed by atoms with van der Waals surface area (Å²) in [6, 6.07) is 15.3. The second-order valence-electron chi connectivity index (χ2n) is 10.2. The number of halogens is 1. The largest absolute Gasteiger partial charge is 0.357 e. The number of hydrogen-bond acceptors (Lipinski definition) is 4. The van der Waals surface area contributed by atoms with Gasteiger partial charge in [-0.2, -0.15) is 0 Å². The molecule has 6 rings (SSSR count). The van der Waals surface area contributed by atoms with E-state index in [1.807, 2.05) is 25.3 Å². The Hall–Kier alpha value is -2.17. The van der Waals surface area contributed by atoms with E-state index in [4.69, 9.17) is 10.5 Å². The van der Waals surface area contributed by atoms with Gasteiger partial charge in [0.2, 0.25) is 0 Å². The van der Waals surface area contributed by atoms with Gasteiger partial charge in [0.1, 0.15) is 17.0 Å². The fraction of sp³-hybridized carbons (Fsp3) is 0.379. The molecule has 182 valence electrons. The van der Waals surface area contributed by atoms with Crippen LogP contribution in [-0.2, 0) is 28.5 Å². The third-order valence-corrected chi connectivity index (χ3v) is 8.42. The first-order valence-corrected chi connectivity index (χ1v) is 13.9. The smallest absolute Gasteiger partial charge is 0.123 e. The van der Waals surface area contributed by atoms with E-state index in [-0.39, 0.29) is 22.6 Å². The quantitative estimate of drug-likeness (QED) is 0.344. The normalized spacial score (nSPS) is 27.1. The predicted octanol–water partition coefficient (Wildman–Crippen LogP) is 6.51. The van der Waals surface area contributed by atoms with Crippen LogP contribution in [0.1, 0.15) is 49.7 Å². The first-order chi connectivity index (χ1) is 16.9. The van der Waals surface area contributed by atoms with Crippen molar-refractivity contribution in [2.24, 2.45) is 5.73 Å². The van der Waals surface area contributed by atoms with Crippen molar-refractivity contribution in [2.75, 3.05) is 11.9 Å². The molecule has 35 heavy (non-hydrogen) atoms. The van der Waals surface area contributed by atoms with Crippen LogP contribution in [0.25, 0.3) is 0 Å². The zero-order valence-electron chi connectivity index (χ0n) is 20.1. The van der Waals surface area contributed by atoms with Gasteiger partial charge in [-0.25, -0.2) is 4.39 Å². The van der Waals surface area contributed by atoms with Gasteiger partial charge >= 0.3 is 0 Å². The van der Waals surface area contributed by atoms with Gasteiger partial charge in [0, 0.05) is 30.4 Å². The highest BCUT2D eigenvalue weighted by Crippen LogP contribution is 2.68. The molecule has 2 N–H and O–H groups in total. The van der Waals surface area contributed by atoms with E-state index in [0.29, 0.717) is 0 Å². The standard InChI is InChI=1S/C29H31FN2O.HPS/c1-3-20-19-29-22(18-26(20)32(2)24-10-8-23(30)9-11-24)13-15-28(29,33-29)14-12-21-6-4-5-7-25(21)27(31)16-17-27;1-2/h3-11,18H,1,12-17,19,31H2,2H3;1H/t28-,29?;/m0./s1. The van der Waals surface area contributed by atoms with Crippen molar-refractivity contribution in [1.82, 2.24) is 0 Å². The van der Waals surface area contributed by atoms with Gasteiger partial charge in [0.25, 0.3) is 0 Å². The van der Waals surface area contributed by atoms with Crippen molar-refractivity contribution >= 4 is 25.5 Å². The van der Waals surface area contributed by atoms with Gasteiger partial charge in [0.15, 0.2) is 0 Å². The minimum Gasteiger partial charge on any atom is -0.357 e. The van der Waals surface area contributed by atoms with Crippen molar-refractivity contribution in [3.63, 3.8) is 0 Å². The van der Waals surface area contributed by atoms with E-state index in [1.165, 1.54) is 34.4 Å². The summed E-state index contributed by atoms with van der Waals surface area (Å²) in [6.07, 6.45) is 11.4. The fourth-order valence-electron chi connectivity index (χ4n) is 6.21. The average Bonchev–Trinajstić information content (AvgIpc) is 3.77. The Bertz CT molecular complexity index is 1220. The second-order valence-corrected chi connectivity index (χ2v) is 10.2. The van der Waals surface area contributed by atoms with Crippen LogP contribution in [0.4, 0.5) is 10.1 Å². The minimum absolute atomic E-state index is 0.0779. The second kappa shape index (κ2) is 9.05. The SMILES string of the molecule is C=CC1=C(N(C)c2ccc(F)cc2)C=C2CC[C@]3(CCc4ccccc4C4(N)CC4)OC23C1.P=S. The van der Waals surface area contributed by atoms with Gasteiger partial charge in [0.05, 0.1) is 0 Å².